The van der Waals surface area contributed by atoms with Gasteiger partial charge in [-0.2, -0.15) is 0 Å². The average molecular weight is 354 g/mol. The fraction of sp³-hybridized carbons (Fsp3) is 0.375. The van der Waals surface area contributed by atoms with E-state index in [0.29, 0.717) is 11.5 Å². The van der Waals surface area contributed by atoms with Crippen LogP contribution in [0.15, 0.2) is 45.9 Å². The van der Waals surface area contributed by atoms with E-state index in [1.54, 1.807) is 18.4 Å². The van der Waals surface area contributed by atoms with Gasteiger partial charge in [0.25, 0.3) is 0 Å². The Morgan fingerprint density at radius 3 is 2.50 bits per heavy atom. The van der Waals surface area contributed by atoms with E-state index in [2.05, 4.69) is 4.72 Å². The van der Waals surface area contributed by atoms with Crippen molar-refractivity contribution in [3.05, 3.63) is 42.4 Å². The van der Waals surface area contributed by atoms with Gasteiger partial charge in [0.2, 0.25) is 10.0 Å². The fourth-order valence-corrected chi connectivity index (χ4v) is 3.47. The van der Waals surface area contributed by atoms with Gasteiger partial charge in [-0.3, -0.25) is 4.90 Å². The molecular formula is C16H22N2O5S. The molecule has 1 aromatic heterocycles. The van der Waals surface area contributed by atoms with Gasteiger partial charge in [0.05, 0.1) is 26.5 Å². The molecule has 0 amide bonds. The maximum atomic E-state index is 12.6. The first kappa shape index (κ1) is 18.3. The van der Waals surface area contributed by atoms with Crippen molar-refractivity contribution in [3.8, 4) is 11.5 Å². The number of likely N-dealkylation sites (N-methyl/N-ethyl adjacent to an activating group) is 1. The van der Waals surface area contributed by atoms with Crippen LogP contribution in [0.2, 0.25) is 0 Å². The highest BCUT2D eigenvalue weighted by atomic mass is 32.2. The molecule has 0 fully saturated rings. The van der Waals surface area contributed by atoms with Crippen LogP contribution >= 0.6 is 0 Å². The number of hydrogen-bond donors (Lipinski definition) is 1. The highest BCUT2D eigenvalue weighted by Crippen LogP contribution is 2.28. The molecule has 0 bridgehead atoms. The van der Waals surface area contributed by atoms with E-state index < -0.39 is 10.0 Å². The summed E-state index contributed by atoms with van der Waals surface area (Å²) in [6, 6.07) is 7.92. The summed E-state index contributed by atoms with van der Waals surface area (Å²) in [5.41, 5.74) is 0. The van der Waals surface area contributed by atoms with Crippen molar-refractivity contribution in [2.24, 2.45) is 0 Å². The van der Waals surface area contributed by atoms with E-state index in [1.165, 1.54) is 26.4 Å². The Morgan fingerprint density at radius 2 is 1.96 bits per heavy atom. The maximum Gasteiger partial charge on any atom is 0.244 e. The minimum absolute atomic E-state index is 0.0581. The minimum Gasteiger partial charge on any atom is -0.497 e. The third kappa shape index (κ3) is 4.08. The first-order valence-corrected chi connectivity index (χ1v) is 8.79. The number of nitrogens with one attached hydrogen (secondary N) is 1. The van der Waals surface area contributed by atoms with Gasteiger partial charge in [0, 0.05) is 12.6 Å². The topological polar surface area (TPSA) is 81.0 Å². The van der Waals surface area contributed by atoms with E-state index in [1.807, 2.05) is 25.1 Å². The predicted molar refractivity (Wildman–Crippen MR) is 89.9 cm³/mol. The quantitative estimate of drug-likeness (QED) is 0.779. The van der Waals surface area contributed by atoms with Gasteiger partial charge in [-0.1, -0.05) is 0 Å². The molecule has 8 heteroatoms. The summed E-state index contributed by atoms with van der Waals surface area (Å²) in [5.74, 6) is 1.43. The number of ether oxygens (including phenoxy) is 2. The van der Waals surface area contributed by atoms with Gasteiger partial charge in [0.1, 0.15) is 22.2 Å². The monoisotopic (exact) mass is 354 g/mol. The summed E-state index contributed by atoms with van der Waals surface area (Å²) in [5, 5.41) is 0. The van der Waals surface area contributed by atoms with Gasteiger partial charge in [0.15, 0.2) is 0 Å². The fourth-order valence-electron chi connectivity index (χ4n) is 2.28. The molecule has 1 aromatic carbocycles. The molecular weight excluding hydrogens is 332 g/mol. The van der Waals surface area contributed by atoms with Crippen LogP contribution < -0.4 is 14.2 Å². The Balaban J connectivity index is 2.22. The summed E-state index contributed by atoms with van der Waals surface area (Å²) in [6.45, 7) is 0.165. The Bertz CT molecular complexity index is 757. The van der Waals surface area contributed by atoms with E-state index in [4.69, 9.17) is 13.9 Å². The van der Waals surface area contributed by atoms with Crippen LogP contribution in [0.1, 0.15) is 11.8 Å². The number of sulfonamides is 1. The second-order valence-corrected chi connectivity index (χ2v) is 7.10. The van der Waals surface area contributed by atoms with Gasteiger partial charge < -0.3 is 13.9 Å². The molecule has 0 radical (unpaired) electrons. The maximum absolute atomic E-state index is 12.6. The molecule has 0 spiro atoms. The number of nitrogens with zero attached hydrogens (tertiary/aromatic N) is 1. The highest BCUT2D eigenvalue weighted by molar-refractivity contribution is 7.89. The molecule has 1 atom stereocenters. The lowest BCUT2D eigenvalue weighted by Gasteiger charge is -2.22. The number of methoxy groups -OCH3 is 2. The van der Waals surface area contributed by atoms with Crippen LogP contribution in [0.25, 0.3) is 0 Å². The molecule has 0 saturated carbocycles. The van der Waals surface area contributed by atoms with Crippen LogP contribution in [0, 0.1) is 0 Å². The van der Waals surface area contributed by atoms with Crippen molar-refractivity contribution in [3.63, 3.8) is 0 Å². The number of rotatable bonds is 8. The summed E-state index contributed by atoms with van der Waals surface area (Å²) in [4.78, 5) is 1.94. The van der Waals surface area contributed by atoms with Crippen molar-refractivity contribution >= 4 is 10.0 Å². The lowest BCUT2D eigenvalue weighted by atomic mass is 10.2. The second-order valence-electron chi connectivity index (χ2n) is 5.36. The van der Waals surface area contributed by atoms with Gasteiger partial charge in [-0.15, -0.1) is 0 Å². The Hall–Kier alpha value is -2.03. The number of benzene rings is 1. The SMILES string of the molecule is COc1ccc(S(=O)(=O)NCC(c2ccco2)N(C)C)c(OC)c1. The molecule has 132 valence electrons. The third-order valence-corrected chi connectivity index (χ3v) is 5.08. The van der Waals surface area contributed by atoms with Crippen molar-refractivity contribution in [1.82, 2.24) is 9.62 Å². The lowest BCUT2D eigenvalue weighted by Crippen LogP contribution is -2.34. The lowest BCUT2D eigenvalue weighted by molar-refractivity contribution is 0.259. The predicted octanol–water partition coefficient (Wildman–Crippen LogP) is 1.88. The molecule has 0 aliphatic carbocycles. The van der Waals surface area contributed by atoms with Gasteiger partial charge >= 0.3 is 0 Å². The van der Waals surface area contributed by atoms with Crippen LogP contribution in [0.4, 0.5) is 0 Å². The number of furan rings is 1. The molecule has 0 aliphatic rings. The normalized spacial score (nSPS) is 13.0. The van der Waals surface area contributed by atoms with E-state index in [0.717, 1.165) is 0 Å². The zero-order chi connectivity index (χ0) is 17.7. The molecule has 7 nitrogen and oxygen atoms in total. The van der Waals surface area contributed by atoms with Crippen molar-refractivity contribution in [2.45, 2.75) is 10.9 Å². The standard InChI is InChI=1S/C16H22N2O5S/c1-18(2)13(14-6-5-9-23-14)11-17-24(19,20)16-8-7-12(21-3)10-15(16)22-4/h5-10,13,17H,11H2,1-4H3. The third-order valence-electron chi connectivity index (χ3n) is 3.62. The van der Waals surface area contributed by atoms with Crippen LogP contribution in [-0.2, 0) is 10.0 Å². The molecule has 0 saturated heterocycles. The highest BCUT2D eigenvalue weighted by Gasteiger charge is 2.24. The molecule has 24 heavy (non-hydrogen) atoms. The molecule has 2 aromatic rings. The summed E-state index contributed by atoms with van der Waals surface area (Å²) in [6.07, 6.45) is 1.56. The summed E-state index contributed by atoms with van der Waals surface area (Å²) < 4.78 is 43.5. The zero-order valence-electron chi connectivity index (χ0n) is 14.1. The molecule has 1 N–H and O–H groups in total. The van der Waals surface area contributed by atoms with Crippen LogP contribution in [0.5, 0.6) is 11.5 Å². The van der Waals surface area contributed by atoms with Gasteiger partial charge in [-0.25, -0.2) is 13.1 Å². The Labute approximate surface area is 142 Å². The molecule has 1 heterocycles. The summed E-state index contributed by atoms with van der Waals surface area (Å²) >= 11 is 0. The average Bonchev–Trinajstić information content (AvgIpc) is 3.08. The summed E-state index contributed by atoms with van der Waals surface area (Å²) in [7, 11) is 2.89. The van der Waals surface area contributed by atoms with Crippen LogP contribution in [0.3, 0.4) is 0 Å². The van der Waals surface area contributed by atoms with Gasteiger partial charge in [-0.05, 0) is 38.4 Å². The van der Waals surface area contributed by atoms with E-state index >= 15 is 0 Å². The molecule has 1 unspecified atom stereocenters. The van der Waals surface area contributed by atoms with Crippen LogP contribution in [-0.4, -0.2) is 48.2 Å². The van der Waals surface area contributed by atoms with Crippen molar-refractivity contribution < 1.29 is 22.3 Å². The van der Waals surface area contributed by atoms with Crippen molar-refractivity contribution in [2.75, 3.05) is 34.9 Å². The zero-order valence-corrected chi connectivity index (χ0v) is 15.0. The van der Waals surface area contributed by atoms with E-state index in [9.17, 15) is 8.42 Å². The Morgan fingerprint density at radius 1 is 1.21 bits per heavy atom. The van der Waals surface area contributed by atoms with E-state index in [-0.39, 0.29) is 23.2 Å². The second kappa shape index (κ2) is 7.69. The van der Waals surface area contributed by atoms with Crippen molar-refractivity contribution in [1.29, 1.82) is 0 Å². The molecule has 2 rings (SSSR count). The minimum atomic E-state index is -3.75. The Kier molecular flexibility index (Phi) is 5.87. The molecule has 0 aliphatic heterocycles. The number of hydrogen-bond acceptors (Lipinski definition) is 6. The first-order chi connectivity index (χ1) is 11.4. The smallest absolute Gasteiger partial charge is 0.244 e. The largest absolute Gasteiger partial charge is 0.497 e. The first-order valence-electron chi connectivity index (χ1n) is 7.30.